The zero-order valence-electron chi connectivity index (χ0n) is 13.2. The number of benzene rings is 1. The molecule has 0 amide bonds. The summed E-state index contributed by atoms with van der Waals surface area (Å²) in [6.07, 6.45) is 10.5. The van der Waals surface area contributed by atoms with Crippen LogP contribution in [0, 0.1) is 6.92 Å². The molecule has 1 nitrogen and oxygen atoms in total. The maximum absolute atomic E-state index is 3.85. The Labute approximate surface area is 128 Å². The summed E-state index contributed by atoms with van der Waals surface area (Å²) >= 11 is 2.08. The van der Waals surface area contributed by atoms with Crippen molar-refractivity contribution >= 4 is 11.8 Å². The average Bonchev–Trinajstić information content (AvgIpc) is 2.50. The second kappa shape index (κ2) is 7.51. The Kier molecular flexibility index (Phi) is 5.98. The monoisotopic (exact) mass is 291 g/mol. The summed E-state index contributed by atoms with van der Waals surface area (Å²) in [6, 6.07) is 9.52. The maximum atomic E-state index is 3.85. The van der Waals surface area contributed by atoms with Crippen molar-refractivity contribution in [3.63, 3.8) is 0 Å². The molecule has 1 aliphatic rings. The number of hydrogen-bond donors (Lipinski definition) is 1. The molecule has 1 aromatic rings. The van der Waals surface area contributed by atoms with E-state index < -0.39 is 0 Å². The van der Waals surface area contributed by atoms with Crippen LogP contribution < -0.4 is 5.32 Å². The molecular weight excluding hydrogens is 262 g/mol. The van der Waals surface area contributed by atoms with Gasteiger partial charge in [-0.25, -0.2) is 0 Å². The van der Waals surface area contributed by atoms with Crippen molar-refractivity contribution in [2.75, 3.05) is 12.8 Å². The Morgan fingerprint density at radius 3 is 2.35 bits per heavy atom. The second-order valence-electron chi connectivity index (χ2n) is 6.20. The molecule has 1 fully saturated rings. The molecule has 1 unspecified atom stereocenters. The molecule has 0 bridgehead atoms. The molecule has 0 aromatic heterocycles. The summed E-state index contributed by atoms with van der Waals surface area (Å²) in [4.78, 5) is 0. The van der Waals surface area contributed by atoms with Crippen LogP contribution in [0.25, 0.3) is 0 Å². The lowest BCUT2D eigenvalue weighted by atomic mass is 9.87. The minimum absolute atomic E-state index is 0.483. The molecule has 2 rings (SSSR count). The van der Waals surface area contributed by atoms with Gasteiger partial charge >= 0.3 is 0 Å². The Morgan fingerprint density at radius 1 is 1.15 bits per heavy atom. The molecule has 1 atom stereocenters. The largest absolute Gasteiger partial charge is 0.309 e. The van der Waals surface area contributed by atoms with E-state index >= 15 is 0 Å². The molecule has 112 valence electrons. The van der Waals surface area contributed by atoms with Gasteiger partial charge in [-0.05, 0) is 38.0 Å². The standard InChI is InChI=1S/C18H29NS/c1-4-17(16-10-8-15(2)9-11-16)19-14-18(20-3)12-6-5-7-13-18/h8-11,17,19H,4-7,12-14H2,1-3H3. The Morgan fingerprint density at radius 2 is 1.80 bits per heavy atom. The molecule has 0 spiro atoms. The molecule has 0 radical (unpaired) electrons. The highest BCUT2D eigenvalue weighted by atomic mass is 32.2. The molecular formula is C18H29NS. The smallest absolute Gasteiger partial charge is 0.0318 e. The van der Waals surface area contributed by atoms with Gasteiger partial charge in [0.15, 0.2) is 0 Å². The van der Waals surface area contributed by atoms with Crippen LogP contribution in [0.1, 0.15) is 62.6 Å². The van der Waals surface area contributed by atoms with Crippen molar-refractivity contribution in [3.05, 3.63) is 35.4 Å². The van der Waals surface area contributed by atoms with Crippen molar-refractivity contribution in [2.45, 2.75) is 63.2 Å². The molecule has 0 saturated heterocycles. The van der Waals surface area contributed by atoms with Gasteiger partial charge in [0.05, 0.1) is 0 Å². The first-order valence-corrected chi connectivity index (χ1v) is 9.27. The maximum Gasteiger partial charge on any atom is 0.0318 e. The molecule has 1 aliphatic carbocycles. The van der Waals surface area contributed by atoms with Crippen LogP contribution in [-0.2, 0) is 0 Å². The van der Waals surface area contributed by atoms with E-state index in [0.29, 0.717) is 10.8 Å². The van der Waals surface area contributed by atoms with Crippen molar-refractivity contribution in [1.29, 1.82) is 0 Å². The van der Waals surface area contributed by atoms with Gasteiger partial charge in [-0.2, -0.15) is 11.8 Å². The third kappa shape index (κ3) is 4.02. The van der Waals surface area contributed by atoms with E-state index in [1.165, 1.54) is 43.2 Å². The molecule has 1 saturated carbocycles. The van der Waals surface area contributed by atoms with Gasteiger partial charge in [-0.15, -0.1) is 0 Å². The lowest BCUT2D eigenvalue weighted by Crippen LogP contribution is -2.40. The van der Waals surface area contributed by atoms with Gasteiger partial charge in [0.1, 0.15) is 0 Å². The lowest BCUT2D eigenvalue weighted by Gasteiger charge is -2.37. The number of nitrogens with one attached hydrogen (secondary N) is 1. The Hall–Kier alpha value is -0.470. The van der Waals surface area contributed by atoms with Crippen LogP contribution in [0.4, 0.5) is 0 Å². The zero-order chi connectivity index (χ0) is 14.4. The molecule has 0 heterocycles. The molecule has 1 N–H and O–H groups in total. The lowest BCUT2D eigenvalue weighted by molar-refractivity contribution is 0.360. The Balaban J connectivity index is 1.97. The van der Waals surface area contributed by atoms with Crippen molar-refractivity contribution < 1.29 is 0 Å². The summed E-state index contributed by atoms with van der Waals surface area (Å²) in [5, 5.41) is 3.85. The fourth-order valence-electron chi connectivity index (χ4n) is 3.26. The van der Waals surface area contributed by atoms with E-state index in [2.05, 4.69) is 61.4 Å². The fourth-order valence-corrected chi connectivity index (χ4v) is 4.18. The number of thioether (sulfide) groups is 1. The predicted molar refractivity (Wildman–Crippen MR) is 91.5 cm³/mol. The third-order valence-electron chi connectivity index (χ3n) is 4.76. The molecule has 1 aromatic carbocycles. The van der Waals surface area contributed by atoms with Crippen LogP contribution in [-0.4, -0.2) is 17.5 Å². The van der Waals surface area contributed by atoms with Crippen LogP contribution in [0.3, 0.4) is 0 Å². The number of aryl methyl sites for hydroxylation is 1. The highest BCUT2D eigenvalue weighted by Gasteiger charge is 2.31. The highest BCUT2D eigenvalue weighted by molar-refractivity contribution is 8.00. The van der Waals surface area contributed by atoms with Gasteiger partial charge in [0.25, 0.3) is 0 Å². The van der Waals surface area contributed by atoms with E-state index in [9.17, 15) is 0 Å². The molecule has 0 aliphatic heterocycles. The predicted octanol–water partition coefficient (Wildman–Crippen LogP) is 5.10. The highest BCUT2D eigenvalue weighted by Crippen LogP contribution is 2.38. The third-order valence-corrected chi connectivity index (χ3v) is 6.18. The first-order chi connectivity index (χ1) is 9.69. The average molecular weight is 292 g/mol. The quantitative estimate of drug-likeness (QED) is 0.782. The number of rotatable bonds is 6. The zero-order valence-corrected chi connectivity index (χ0v) is 14.1. The van der Waals surface area contributed by atoms with Gasteiger partial charge < -0.3 is 5.32 Å². The summed E-state index contributed by atoms with van der Waals surface area (Å²) in [5.74, 6) is 0. The van der Waals surface area contributed by atoms with E-state index in [0.717, 1.165) is 13.0 Å². The summed E-state index contributed by atoms with van der Waals surface area (Å²) in [6.45, 7) is 5.59. The van der Waals surface area contributed by atoms with E-state index in [1.54, 1.807) is 0 Å². The molecule has 2 heteroatoms. The minimum atomic E-state index is 0.483. The summed E-state index contributed by atoms with van der Waals surface area (Å²) in [5.41, 5.74) is 2.78. The minimum Gasteiger partial charge on any atom is -0.309 e. The first-order valence-electron chi connectivity index (χ1n) is 8.04. The van der Waals surface area contributed by atoms with Gasteiger partial charge in [-0.3, -0.25) is 0 Å². The van der Waals surface area contributed by atoms with Crippen molar-refractivity contribution in [2.24, 2.45) is 0 Å². The van der Waals surface area contributed by atoms with E-state index in [4.69, 9.17) is 0 Å². The van der Waals surface area contributed by atoms with Crippen molar-refractivity contribution in [3.8, 4) is 0 Å². The van der Waals surface area contributed by atoms with Crippen LogP contribution >= 0.6 is 11.8 Å². The van der Waals surface area contributed by atoms with Crippen LogP contribution in [0.15, 0.2) is 24.3 Å². The summed E-state index contributed by atoms with van der Waals surface area (Å²) < 4.78 is 0.483. The van der Waals surface area contributed by atoms with Crippen LogP contribution in [0.5, 0.6) is 0 Å². The SMILES string of the molecule is CCC(NCC1(SC)CCCCC1)c1ccc(C)cc1. The van der Waals surface area contributed by atoms with E-state index in [1.807, 2.05) is 0 Å². The normalized spacial score (nSPS) is 19.8. The summed E-state index contributed by atoms with van der Waals surface area (Å²) in [7, 11) is 0. The number of hydrogen-bond acceptors (Lipinski definition) is 2. The van der Waals surface area contributed by atoms with Crippen molar-refractivity contribution in [1.82, 2.24) is 5.32 Å². The van der Waals surface area contributed by atoms with Crippen LogP contribution in [0.2, 0.25) is 0 Å². The topological polar surface area (TPSA) is 12.0 Å². The second-order valence-corrected chi connectivity index (χ2v) is 7.47. The Bertz CT molecular complexity index is 392. The van der Waals surface area contributed by atoms with Gasteiger partial charge in [0.2, 0.25) is 0 Å². The molecule has 20 heavy (non-hydrogen) atoms. The fraction of sp³-hybridized carbons (Fsp3) is 0.667. The first kappa shape index (κ1) is 15.9. The van der Waals surface area contributed by atoms with Gasteiger partial charge in [-0.1, -0.05) is 56.0 Å². The van der Waals surface area contributed by atoms with Gasteiger partial charge in [0, 0.05) is 17.3 Å². The van der Waals surface area contributed by atoms with E-state index in [-0.39, 0.29) is 0 Å².